The maximum Gasteiger partial charge on any atom is 0.246 e. The summed E-state index contributed by atoms with van der Waals surface area (Å²) in [6.07, 6.45) is 5.79. The van der Waals surface area contributed by atoms with E-state index in [0.717, 1.165) is 27.3 Å². The van der Waals surface area contributed by atoms with E-state index in [1.165, 1.54) is 23.3 Å². The second-order valence-electron chi connectivity index (χ2n) is 19.1. The Morgan fingerprint density at radius 1 is 1.00 bits per heavy atom. The third-order valence-electron chi connectivity index (χ3n) is 12.4. The first kappa shape index (κ1) is 50.2. The molecule has 370 valence electrons. The van der Waals surface area contributed by atoms with Gasteiger partial charge in [-0.25, -0.2) is 21.2 Å². The number of ether oxygens (including phenoxy) is 1. The number of hydrogen-bond donors (Lipinski definition) is 5. The van der Waals surface area contributed by atoms with Gasteiger partial charge >= 0.3 is 0 Å². The fraction of sp³-hybridized carbons (Fsp3) is 0.431. The van der Waals surface area contributed by atoms with Crippen LogP contribution in [0.3, 0.4) is 0 Å². The number of aliphatic imine (C=N–C) groups is 1. The van der Waals surface area contributed by atoms with Crippen molar-refractivity contribution >= 4 is 58.1 Å². The Hall–Kier alpha value is -7.21. The van der Waals surface area contributed by atoms with Gasteiger partial charge < -0.3 is 40.9 Å². The molecule has 5 heterocycles. The summed E-state index contributed by atoms with van der Waals surface area (Å²) in [6.45, 7) is 16.4. The Bertz CT molecular complexity index is 2820. The number of aliphatic hydroxyl groups excluding tert-OH is 1. The van der Waals surface area contributed by atoms with Crippen LogP contribution in [0.25, 0.3) is 15.3 Å². The number of β-amino-alcohol motifs (C(OH)–C–C–N with tert-alkyl or cyclic N) is 1. The Morgan fingerprint density at radius 3 is 2.49 bits per heavy atom. The molecule has 3 aromatic heterocycles. The fourth-order valence-corrected chi connectivity index (χ4v) is 9.16. The van der Waals surface area contributed by atoms with Crippen molar-refractivity contribution in [2.24, 2.45) is 16.3 Å². The van der Waals surface area contributed by atoms with Crippen LogP contribution in [-0.2, 0) is 45.2 Å². The number of hydrogen-bond acceptors (Lipinski definition) is 15. The van der Waals surface area contributed by atoms with Gasteiger partial charge in [0.15, 0.2) is 5.78 Å². The minimum absolute atomic E-state index is 0.0160. The Morgan fingerprint density at radius 2 is 1.77 bits per heavy atom. The second kappa shape index (κ2) is 22.7. The maximum absolute atomic E-state index is 14.1. The number of carbonyl (C=O) groups excluding carboxylic acids is 4. The standard InChI is InChI=1S/C51H59N13O6S/c1-31-46(71-30-55-31)35-10-6-33(7-11-35)26-54-48(68)41-23-39(65)29-64(41)49(69)47(51(2,3)4)60-45(67)18-20-70-21-19-63-28-38(61-62-63)16-17-42(66)40-24-44(58-43-22-36(27-53-43)34-12-13-34)59-50(57-40)56-37-14-8-32(9-15-37)25-52-5/h6-11,14-15,22,24,28,30,34,39,41,47,65H,12-13,16-21,23,25-27,29H2,1-4H3,(H,54,68)(H,60,67)(H2,53,56,57,58,59)/t39-,41+,47-/m1/s1. The third kappa shape index (κ3) is 13.6. The van der Waals surface area contributed by atoms with E-state index >= 15 is 0 Å². The number of nitrogens with zero attached hydrogens (tertiary/aromatic N) is 9. The number of aliphatic hydroxyl groups is 1. The number of thiazole rings is 1. The first-order valence-corrected chi connectivity index (χ1v) is 24.7. The van der Waals surface area contributed by atoms with Crippen LogP contribution in [0.1, 0.15) is 85.9 Å². The number of likely N-dealkylation sites (tertiary alicyclic amines) is 1. The number of nitrogens with one attached hydrogen (secondary N) is 4. The molecule has 2 aliphatic heterocycles. The van der Waals surface area contributed by atoms with Crippen molar-refractivity contribution in [2.45, 2.75) is 104 Å². The number of rotatable bonds is 21. The highest BCUT2D eigenvalue weighted by Gasteiger charge is 2.44. The lowest BCUT2D eigenvalue weighted by Crippen LogP contribution is -2.57. The highest BCUT2D eigenvalue weighted by molar-refractivity contribution is 7.13. The van der Waals surface area contributed by atoms with Gasteiger partial charge in [-0.3, -0.25) is 24.2 Å². The minimum Gasteiger partial charge on any atom is -0.391 e. The van der Waals surface area contributed by atoms with Crippen LogP contribution < -0.4 is 21.3 Å². The topological polar surface area (TPSA) is 235 Å². The van der Waals surface area contributed by atoms with Crippen molar-refractivity contribution < 1.29 is 29.0 Å². The summed E-state index contributed by atoms with van der Waals surface area (Å²) in [5.74, 6) is 0.540. The van der Waals surface area contributed by atoms with E-state index in [4.69, 9.17) is 11.3 Å². The molecular weight excluding hydrogens is 923 g/mol. The smallest absolute Gasteiger partial charge is 0.246 e. The molecular formula is C51H59N13O6S. The van der Waals surface area contributed by atoms with Gasteiger partial charge in [0, 0.05) is 62.3 Å². The zero-order valence-electron chi connectivity index (χ0n) is 40.4. The van der Waals surface area contributed by atoms with E-state index in [9.17, 15) is 24.3 Å². The second-order valence-corrected chi connectivity index (χ2v) is 20.0. The van der Waals surface area contributed by atoms with Gasteiger partial charge in [-0.2, -0.15) is 4.98 Å². The van der Waals surface area contributed by atoms with Gasteiger partial charge in [-0.05, 0) is 78.1 Å². The number of Topliss-reactive ketones (excluding diaryl/α,β-unsaturated/α-hetero) is 1. The molecule has 0 bridgehead atoms. The highest BCUT2D eigenvalue weighted by Crippen LogP contribution is 2.38. The zero-order valence-corrected chi connectivity index (χ0v) is 41.2. The Balaban J connectivity index is 0.786. The zero-order chi connectivity index (χ0) is 50.1. The number of amidine groups is 1. The number of benzene rings is 2. The summed E-state index contributed by atoms with van der Waals surface area (Å²) in [5.41, 5.74) is 7.72. The first-order chi connectivity index (χ1) is 34.2. The van der Waals surface area contributed by atoms with Gasteiger partial charge in [0.05, 0.1) is 54.2 Å². The Labute approximate surface area is 416 Å². The lowest BCUT2D eigenvalue weighted by molar-refractivity contribution is -0.144. The van der Waals surface area contributed by atoms with E-state index in [1.54, 1.807) is 28.3 Å². The van der Waals surface area contributed by atoms with Crippen LogP contribution in [0.5, 0.6) is 0 Å². The van der Waals surface area contributed by atoms with Crippen LogP contribution in [0, 0.1) is 24.8 Å². The summed E-state index contributed by atoms with van der Waals surface area (Å²) < 4.78 is 7.38. The number of aryl methyl sites for hydroxylation is 2. The Kier molecular flexibility index (Phi) is 16.0. The van der Waals surface area contributed by atoms with Gasteiger partial charge in [0.1, 0.15) is 29.4 Å². The summed E-state index contributed by atoms with van der Waals surface area (Å²) in [6, 6.07) is 15.0. The minimum atomic E-state index is -0.963. The summed E-state index contributed by atoms with van der Waals surface area (Å²) in [7, 11) is 0. The quantitative estimate of drug-likeness (QED) is 0.0330. The molecule has 0 radical (unpaired) electrons. The number of ketones is 1. The van der Waals surface area contributed by atoms with Crippen molar-refractivity contribution in [2.75, 3.05) is 36.9 Å². The van der Waals surface area contributed by atoms with Gasteiger partial charge in [0.2, 0.25) is 30.2 Å². The fourth-order valence-electron chi connectivity index (χ4n) is 8.35. The van der Waals surface area contributed by atoms with E-state index in [2.05, 4.69) is 62.4 Å². The molecule has 3 atom stereocenters. The van der Waals surface area contributed by atoms with Crippen molar-refractivity contribution in [3.63, 3.8) is 0 Å². The van der Waals surface area contributed by atoms with E-state index in [1.807, 2.05) is 81.7 Å². The molecule has 2 fully saturated rings. The van der Waals surface area contributed by atoms with E-state index in [-0.39, 0.29) is 75.4 Å². The molecule has 20 heteroatoms. The number of anilines is 3. The van der Waals surface area contributed by atoms with Crippen molar-refractivity contribution in [1.29, 1.82) is 0 Å². The highest BCUT2D eigenvalue weighted by atomic mass is 32.1. The summed E-state index contributed by atoms with van der Waals surface area (Å²) in [5, 5.41) is 31.3. The SMILES string of the molecule is [C-]#[N+]Cc1ccc(Nc2nc(NC3=NCC(C4CC4)=C3)cc(C(=O)CCc3cn(CCOCCC(=O)N[C@H](C(=O)N4C[C@H](O)C[C@H]4C(=O)NCc4ccc(-c5scnc5C)cc4)C(C)(C)C)nn3)n2)cc1. The maximum atomic E-state index is 14.1. The summed E-state index contributed by atoms with van der Waals surface area (Å²) in [4.78, 5) is 78.4. The number of amides is 3. The van der Waals surface area contributed by atoms with Crippen LogP contribution in [0.2, 0.25) is 0 Å². The lowest BCUT2D eigenvalue weighted by atomic mass is 9.85. The molecule has 5 N–H and O–H groups in total. The third-order valence-corrected chi connectivity index (χ3v) is 13.4. The number of carbonyl (C=O) groups is 4. The molecule has 3 amide bonds. The average molecular weight is 982 g/mol. The van der Waals surface area contributed by atoms with Gasteiger partial charge in [0.25, 0.3) is 0 Å². The normalized spacial score (nSPS) is 17.0. The van der Waals surface area contributed by atoms with E-state index < -0.39 is 35.4 Å². The van der Waals surface area contributed by atoms with Crippen molar-refractivity contribution in [3.8, 4) is 10.4 Å². The predicted octanol–water partition coefficient (Wildman–Crippen LogP) is 5.85. The van der Waals surface area contributed by atoms with Crippen molar-refractivity contribution in [1.82, 2.24) is 45.5 Å². The number of aromatic nitrogens is 6. The lowest BCUT2D eigenvalue weighted by Gasteiger charge is -2.35. The first-order valence-electron chi connectivity index (χ1n) is 23.8. The molecule has 71 heavy (non-hydrogen) atoms. The molecule has 0 unspecified atom stereocenters. The summed E-state index contributed by atoms with van der Waals surface area (Å²) >= 11 is 1.57. The molecule has 1 aliphatic carbocycles. The van der Waals surface area contributed by atoms with Crippen LogP contribution in [-0.4, -0.2) is 114 Å². The monoisotopic (exact) mass is 981 g/mol. The van der Waals surface area contributed by atoms with Crippen LogP contribution in [0.15, 0.2) is 82.9 Å². The molecule has 8 rings (SSSR count). The molecule has 5 aromatic rings. The van der Waals surface area contributed by atoms with Crippen LogP contribution in [0.4, 0.5) is 17.5 Å². The van der Waals surface area contributed by atoms with Crippen LogP contribution >= 0.6 is 11.3 Å². The average Bonchev–Trinajstić information content (AvgIpc) is 3.63. The molecule has 0 spiro atoms. The largest absolute Gasteiger partial charge is 0.391 e. The molecule has 19 nitrogen and oxygen atoms in total. The molecule has 2 aromatic carbocycles. The molecule has 1 saturated carbocycles. The predicted molar refractivity (Wildman–Crippen MR) is 269 cm³/mol. The molecule has 1 saturated heterocycles. The van der Waals surface area contributed by atoms with Crippen molar-refractivity contribution in [3.05, 3.63) is 118 Å². The van der Waals surface area contributed by atoms with E-state index in [0.29, 0.717) is 48.5 Å². The molecule has 3 aliphatic rings. The van der Waals surface area contributed by atoms with Gasteiger partial charge in [-0.1, -0.05) is 50.3 Å². The van der Waals surface area contributed by atoms with Gasteiger partial charge in [-0.15, -0.1) is 16.4 Å².